The summed E-state index contributed by atoms with van der Waals surface area (Å²) in [5.74, 6) is -0.210. The molecule has 2 atom stereocenters. The van der Waals surface area contributed by atoms with Gasteiger partial charge in [0.1, 0.15) is 0 Å². The molecule has 0 aliphatic rings. The monoisotopic (exact) mass is 754 g/mol. The molecule has 4 rings (SSSR count). The minimum atomic E-state index is -0.606. The van der Waals surface area contributed by atoms with E-state index in [0.29, 0.717) is 77.9 Å². The number of aromatic hydroxyl groups is 6. The Bertz CT molecular complexity index is 1750. The first-order valence-electron chi connectivity index (χ1n) is 17.2. The maximum atomic E-state index is 10.1. The number of hydrogen-bond acceptors (Lipinski definition) is 14. The second kappa shape index (κ2) is 19.5. The van der Waals surface area contributed by atoms with Crippen LogP contribution in [0.15, 0.2) is 48.5 Å². The Kier molecular flexibility index (Phi) is 14.8. The fourth-order valence-corrected chi connectivity index (χ4v) is 6.43. The molecule has 0 unspecified atom stereocenters. The smallest absolute Gasteiger partial charge is 0.203 e. The minimum Gasteiger partial charge on any atom is -0.504 e. The van der Waals surface area contributed by atoms with E-state index in [0.717, 1.165) is 11.1 Å². The highest BCUT2D eigenvalue weighted by molar-refractivity contribution is 5.55. The van der Waals surface area contributed by atoms with Crippen LogP contribution in [0.4, 0.5) is 0 Å². The molecule has 0 aliphatic carbocycles. The van der Waals surface area contributed by atoms with Crippen LogP contribution in [0, 0.1) is 11.8 Å². The standard InChI is InChI=1S/C40H50O14/c1-47-33-16-23(17-34(48-2)39(33)51-5)10-27(8-7-9-53-20-25-12-29(41)37(45)30(42)13-25)28(22-54-21-26-14-31(43)38(46)32(44)15-26)11-24-18-35(49-3)40(52-6)36(19-24)50-4/h12-19,27-28,41-46H,7-11,20-22H2,1-6H3/t27-,28+/m0/s1. The molecule has 0 bridgehead atoms. The minimum absolute atomic E-state index is 0.0412. The van der Waals surface area contributed by atoms with Gasteiger partial charge in [0.25, 0.3) is 0 Å². The van der Waals surface area contributed by atoms with Crippen LogP contribution in [-0.4, -0.2) is 86.5 Å². The van der Waals surface area contributed by atoms with Crippen LogP contribution < -0.4 is 28.4 Å². The molecule has 0 saturated heterocycles. The van der Waals surface area contributed by atoms with Gasteiger partial charge in [-0.25, -0.2) is 0 Å². The lowest BCUT2D eigenvalue weighted by molar-refractivity contribution is 0.0578. The van der Waals surface area contributed by atoms with Crippen LogP contribution in [0.2, 0.25) is 0 Å². The Labute approximate surface area is 314 Å². The summed E-state index contributed by atoms with van der Waals surface area (Å²) in [7, 11) is 9.31. The number of hydrogen-bond donors (Lipinski definition) is 6. The number of benzene rings is 4. The SMILES string of the molecule is COc1cc(C[C@H](CCCOCc2cc(O)c(O)c(O)c2)[C@@H](COCc2cc(O)c(O)c(O)c2)Cc2cc(OC)c(OC)c(OC)c2)cc(OC)c1OC. The molecule has 0 fully saturated rings. The molecule has 0 aliphatic heterocycles. The van der Waals surface area contributed by atoms with Crippen molar-refractivity contribution in [2.24, 2.45) is 11.8 Å². The summed E-state index contributed by atoms with van der Waals surface area (Å²) < 4.78 is 45.9. The average molecular weight is 755 g/mol. The highest BCUT2D eigenvalue weighted by Crippen LogP contribution is 2.42. The molecule has 0 saturated carbocycles. The third kappa shape index (κ3) is 10.3. The van der Waals surface area contributed by atoms with Crippen molar-refractivity contribution in [1.82, 2.24) is 0 Å². The number of phenolic OH excluding ortho intramolecular Hbond substituents is 6. The summed E-state index contributed by atoms with van der Waals surface area (Å²) >= 11 is 0. The summed E-state index contributed by atoms with van der Waals surface area (Å²) in [6, 6.07) is 12.9. The van der Waals surface area contributed by atoms with Gasteiger partial charge in [-0.3, -0.25) is 0 Å². The van der Waals surface area contributed by atoms with Gasteiger partial charge in [-0.1, -0.05) is 0 Å². The Hall–Kier alpha value is -5.60. The van der Waals surface area contributed by atoms with Crippen LogP contribution in [-0.2, 0) is 35.5 Å². The van der Waals surface area contributed by atoms with Crippen molar-refractivity contribution < 1.29 is 68.5 Å². The summed E-state index contributed by atoms with van der Waals surface area (Å²) in [5.41, 5.74) is 2.79. The van der Waals surface area contributed by atoms with Gasteiger partial charge in [-0.2, -0.15) is 0 Å². The van der Waals surface area contributed by atoms with E-state index in [-0.39, 0.29) is 31.7 Å². The molecule has 0 spiro atoms. The highest BCUT2D eigenvalue weighted by atomic mass is 16.5. The van der Waals surface area contributed by atoms with Crippen molar-refractivity contribution in [2.45, 2.75) is 38.9 Å². The van der Waals surface area contributed by atoms with Crippen molar-refractivity contribution in [3.63, 3.8) is 0 Å². The molecule has 0 radical (unpaired) electrons. The number of ether oxygens (including phenoxy) is 8. The molecule has 0 heterocycles. The third-order valence-electron chi connectivity index (χ3n) is 9.10. The third-order valence-corrected chi connectivity index (χ3v) is 9.10. The lowest BCUT2D eigenvalue weighted by Gasteiger charge is -2.29. The molecule has 14 heteroatoms. The highest BCUT2D eigenvalue weighted by Gasteiger charge is 2.26. The van der Waals surface area contributed by atoms with E-state index in [9.17, 15) is 30.6 Å². The molecule has 14 nitrogen and oxygen atoms in total. The number of rotatable bonds is 21. The Balaban J connectivity index is 1.67. The first-order chi connectivity index (χ1) is 26.0. The molecular formula is C40H50O14. The van der Waals surface area contributed by atoms with Gasteiger partial charge >= 0.3 is 0 Å². The quantitative estimate of drug-likeness (QED) is 0.0415. The zero-order valence-corrected chi connectivity index (χ0v) is 31.4. The summed E-state index contributed by atoms with van der Waals surface area (Å²) in [4.78, 5) is 0. The van der Waals surface area contributed by atoms with Crippen molar-refractivity contribution in [3.05, 3.63) is 70.8 Å². The van der Waals surface area contributed by atoms with Gasteiger partial charge < -0.3 is 68.5 Å². The molecule has 54 heavy (non-hydrogen) atoms. The first kappa shape index (κ1) is 41.2. The number of phenols is 6. The molecule has 4 aromatic rings. The van der Waals surface area contributed by atoms with Crippen LogP contribution in [0.5, 0.6) is 69.0 Å². The molecule has 0 aromatic heterocycles. The summed E-state index contributed by atoms with van der Waals surface area (Å²) in [6.45, 7) is 0.738. The van der Waals surface area contributed by atoms with Crippen molar-refractivity contribution in [2.75, 3.05) is 55.9 Å². The summed E-state index contributed by atoms with van der Waals surface area (Å²) in [6.07, 6.45) is 2.37. The van der Waals surface area contributed by atoms with E-state index in [1.165, 1.54) is 31.4 Å². The van der Waals surface area contributed by atoms with E-state index < -0.39 is 34.5 Å². The van der Waals surface area contributed by atoms with Crippen molar-refractivity contribution in [3.8, 4) is 69.0 Å². The predicted octanol–water partition coefficient (Wildman–Crippen LogP) is 6.20. The zero-order valence-electron chi connectivity index (χ0n) is 31.4. The normalized spacial score (nSPS) is 12.2. The van der Waals surface area contributed by atoms with Gasteiger partial charge in [0.15, 0.2) is 57.5 Å². The maximum absolute atomic E-state index is 10.1. The fraction of sp³-hybridized carbons (Fsp3) is 0.400. The Morgan fingerprint density at radius 1 is 0.444 bits per heavy atom. The summed E-state index contributed by atoms with van der Waals surface area (Å²) in [5, 5.41) is 59.5. The van der Waals surface area contributed by atoms with E-state index in [1.807, 2.05) is 24.3 Å². The average Bonchev–Trinajstić information content (AvgIpc) is 3.16. The van der Waals surface area contributed by atoms with Crippen LogP contribution >= 0.6 is 0 Å². The van der Waals surface area contributed by atoms with Gasteiger partial charge in [0, 0.05) is 6.61 Å². The van der Waals surface area contributed by atoms with Crippen LogP contribution in [0.25, 0.3) is 0 Å². The van der Waals surface area contributed by atoms with E-state index >= 15 is 0 Å². The second-order valence-electron chi connectivity index (χ2n) is 12.7. The zero-order chi connectivity index (χ0) is 39.4. The second-order valence-corrected chi connectivity index (χ2v) is 12.7. The van der Waals surface area contributed by atoms with Gasteiger partial charge in [-0.15, -0.1) is 0 Å². The van der Waals surface area contributed by atoms with E-state index in [1.54, 1.807) is 35.5 Å². The van der Waals surface area contributed by atoms with E-state index in [4.69, 9.17) is 37.9 Å². The Morgan fingerprint density at radius 2 is 0.815 bits per heavy atom. The molecule has 4 aromatic carbocycles. The Morgan fingerprint density at radius 3 is 1.19 bits per heavy atom. The molecule has 6 N–H and O–H groups in total. The lowest BCUT2D eigenvalue weighted by atomic mass is 9.80. The predicted molar refractivity (Wildman–Crippen MR) is 198 cm³/mol. The van der Waals surface area contributed by atoms with Gasteiger partial charge in [0.05, 0.1) is 62.5 Å². The van der Waals surface area contributed by atoms with Crippen molar-refractivity contribution in [1.29, 1.82) is 0 Å². The van der Waals surface area contributed by atoms with Crippen molar-refractivity contribution >= 4 is 0 Å². The van der Waals surface area contributed by atoms with Gasteiger partial charge in [-0.05, 0) is 108 Å². The van der Waals surface area contributed by atoms with E-state index in [2.05, 4.69) is 0 Å². The van der Waals surface area contributed by atoms with Crippen LogP contribution in [0.1, 0.15) is 35.1 Å². The first-order valence-corrected chi connectivity index (χ1v) is 17.2. The lowest BCUT2D eigenvalue weighted by Crippen LogP contribution is -2.25. The number of methoxy groups -OCH3 is 6. The molecule has 294 valence electrons. The maximum Gasteiger partial charge on any atom is 0.203 e. The molecule has 0 amide bonds. The van der Waals surface area contributed by atoms with Gasteiger partial charge in [0.2, 0.25) is 11.5 Å². The van der Waals surface area contributed by atoms with Crippen LogP contribution in [0.3, 0.4) is 0 Å². The fourth-order valence-electron chi connectivity index (χ4n) is 6.43. The topological polar surface area (TPSA) is 195 Å². The largest absolute Gasteiger partial charge is 0.504 e. The molecular weight excluding hydrogens is 704 g/mol.